The van der Waals surface area contributed by atoms with Crippen molar-refractivity contribution in [2.45, 2.75) is 0 Å². The lowest BCUT2D eigenvalue weighted by Gasteiger charge is -2.25. The maximum atomic E-state index is 11.7. The normalized spacial score (nSPS) is 11.9. The van der Waals surface area contributed by atoms with Crippen molar-refractivity contribution < 1.29 is 4.42 Å². The summed E-state index contributed by atoms with van der Waals surface area (Å²) in [6.45, 7) is 9.13. The molecule has 0 bridgehead atoms. The highest BCUT2D eigenvalue weighted by molar-refractivity contribution is 6.34. The molecule has 7 heteroatoms. The van der Waals surface area contributed by atoms with E-state index in [1.54, 1.807) is 0 Å². The predicted octanol–water partition coefficient (Wildman–Crippen LogP) is 14.1. The van der Waals surface area contributed by atoms with Crippen LogP contribution < -0.4 is 0 Å². The second kappa shape index (κ2) is 12.4. The van der Waals surface area contributed by atoms with E-state index in [1.807, 2.05) is 91.3 Å². The first-order valence-corrected chi connectivity index (χ1v) is 20.1. The van der Waals surface area contributed by atoms with Gasteiger partial charge in [-0.25, -0.2) is 14.8 Å². The third-order valence-electron chi connectivity index (χ3n) is 12.4. The first kappa shape index (κ1) is 33.2. The van der Waals surface area contributed by atoms with Crippen molar-refractivity contribution in [3.8, 4) is 39.7 Å². The molecule has 5 aromatic heterocycles. The highest BCUT2D eigenvalue weighted by Crippen LogP contribution is 2.53. The van der Waals surface area contributed by atoms with E-state index in [0.717, 1.165) is 92.8 Å². The summed E-state index contributed by atoms with van der Waals surface area (Å²) < 4.78 is 10.8. The number of furan rings is 1. The van der Waals surface area contributed by atoms with E-state index in [2.05, 4.69) is 98.9 Å². The summed E-state index contributed by atoms with van der Waals surface area (Å²) in [7, 11) is 0. The molecule has 0 amide bonds. The molecule has 0 spiro atoms. The molecule has 8 aromatic carbocycles. The van der Waals surface area contributed by atoms with Crippen LogP contribution in [0.15, 0.2) is 175 Å². The third kappa shape index (κ3) is 4.33. The van der Waals surface area contributed by atoms with Crippen LogP contribution in [0, 0.1) is 17.9 Å². The Labute approximate surface area is 347 Å². The van der Waals surface area contributed by atoms with Gasteiger partial charge in [0.1, 0.15) is 28.5 Å². The van der Waals surface area contributed by atoms with Gasteiger partial charge in [-0.15, -0.1) is 0 Å². The van der Waals surface area contributed by atoms with E-state index < -0.39 is 0 Å². The minimum Gasteiger partial charge on any atom is -0.456 e. The molecule has 0 saturated carbocycles. The van der Waals surface area contributed by atoms with Crippen molar-refractivity contribution in [1.82, 2.24) is 19.1 Å². The molecular weight excluding hydrogens is 749 g/mol. The van der Waals surface area contributed by atoms with E-state index in [0.29, 0.717) is 39.5 Å². The van der Waals surface area contributed by atoms with Crippen molar-refractivity contribution in [1.29, 1.82) is 5.26 Å². The van der Waals surface area contributed by atoms with Gasteiger partial charge < -0.3 is 8.98 Å². The Morgan fingerprint density at radius 1 is 0.475 bits per heavy atom. The minimum absolute atomic E-state index is 0.337. The highest BCUT2D eigenvalue weighted by atomic mass is 16.3. The average molecular weight is 777 g/mol. The molecule has 0 unspecified atom stereocenters. The minimum atomic E-state index is 0.337. The second-order valence-corrected chi connectivity index (χ2v) is 15.4. The third-order valence-corrected chi connectivity index (χ3v) is 12.4. The number of benzene rings is 8. The molecule has 13 aromatic rings. The Hall–Kier alpha value is -8.78. The largest absolute Gasteiger partial charge is 0.456 e. The van der Waals surface area contributed by atoms with Gasteiger partial charge in [0.2, 0.25) is 5.69 Å². The van der Waals surface area contributed by atoms with Crippen LogP contribution in [0.5, 0.6) is 0 Å². The van der Waals surface area contributed by atoms with Gasteiger partial charge >= 0.3 is 0 Å². The second-order valence-electron chi connectivity index (χ2n) is 15.4. The van der Waals surface area contributed by atoms with Crippen LogP contribution in [0.4, 0.5) is 5.69 Å². The summed E-state index contributed by atoms with van der Waals surface area (Å²) in [5.41, 5.74) is 9.66. The van der Waals surface area contributed by atoms with Gasteiger partial charge in [-0.05, 0) is 69.1 Å². The lowest BCUT2D eigenvalue weighted by atomic mass is 9.88. The molecule has 0 aliphatic heterocycles. The Balaban J connectivity index is 1.32. The van der Waals surface area contributed by atoms with Gasteiger partial charge in [-0.2, -0.15) is 5.26 Å². The van der Waals surface area contributed by atoms with Gasteiger partial charge in [-0.1, -0.05) is 121 Å². The standard InChI is InChI=1S/C54H28N6O/c1-56-50-44(31-14-4-2-5-15-31)39(30-55)51(59-40-22-12-10-20-37(40)46-41(59)24-25-43-47(46)38-21-11-13-23-42(38)61-43)45(32-16-6-3-7-17-32)52(50)60-53-48-35(26-28-57-53)33-18-8-9-19-34(33)36-27-29-58-54(60)49(36)48/h2-29H. The van der Waals surface area contributed by atoms with E-state index in [9.17, 15) is 5.26 Å². The molecular formula is C54H28N6O. The van der Waals surface area contributed by atoms with Crippen LogP contribution in [0.3, 0.4) is 0 Å². The molecule has 0 atom stereocenters. The number of rotatable bonds is 4. The first-order chi connectivity index (χ1) is 30.2. The highest BCUT2D eigenvalue weighted by Gasteiger charge is 2.33. The summed E-state index contributed by atoms with van der Waals surface area (Å²) in [5, 5.41) is 22.1. The smallest absolute Gasteiger partial charge is 0.220 e. The van der Waals surface area contributed by atoms with Crippen LogP contribution in [-0.2, 0) is 0 Å². The van der Waals surface area contributed by atoms with Gasteiger partial charge in [0.25, 0.3) is 0 Å². The fourth-order valence-electron chi connectivity index (χ4n) is 10.1. The predicted molar refractivity (Wildman–Crippen MR) is 246 cm³/mol. The molecule has 0 radical (unpaired) electrons. The van der Waals surface area contributed by atoms with Crippen LogP contribution in [0.25, 0.3) is 126 Å². The van der Waals surface area contributed by atoms with Crippen LogP contribution in [-0.4, -0.2) is 19.1 Å². The van der Waals surface area contributed by atoms with Gasteiger partial charge in [0.15, 0.2) is 0 Å². The van der Waals surface area contributed by atoms with Crippen molar-refractivity contribution >= 4 is 93.0 Å². The summed E-state index contributed by atoms with van der Waals surface area (Å²) in [6.07, 6.45) is 3.70. The molecule has 0 fully saturated rings. The number of pyridine rings is 2. The molecule has 0 N–H and O–H groups in total. The van der Waals surface area contributed by atoms with Crippen LogP contribution in [0.2, 0.25) is 0 Å². The number of hydrogen-bond acceptors (Lipinski definition) is 4. The Morgan fingerprint density at radius 3 is 1.69 bits per heavy atom. The molecule has 61 heavy (non-hydrogen) atoms. The summed E-state index contributed by atoms with van der Waals surface area (Å²) in [4.78, 5) is 14.7. The quantitative estimate of drug-likeness (QED) is 0.132. The van der Waals surface area contributed by atoms with Crippen LogP contribution >= 0.6 is 0 Å². The Morgan fingerprint density at radius 2 is 1.05 bits per heavy atom. The maximum Gasteiger partial charge on any atom is 0.220 e. The number of hydrogen-bond donors (Lipinski definition) is 0. The van der Waals surface area contributed by atoms with Crippen molar-refractivity contribution in [2.75, 3.05) is 0 Å². The lowest BCUT2D eigenvalue weighted by molar-refractivity contribution is 0.669. The maximum absolute atomic E-state index is 11.7. The zero-order chi connectivity index (χ0) is 40.3. The molecule has 13 rings (SSSR count). The van der Waals surface area contributed by atoms with Gasteiger partial charge in [0, 0.05) is 55.8 Å². The number of fused-ring (bicyclic) bond motifs is 10. The molecule has 0 aliphatic carbocycles. The van der Waals surface area contributed by atoms with Crippen molar-refractivity contribution in [3.05, 3.63) is 187 Å². The number of aromatic nitrogens is 4. The van der Waals surface area contributed by atoms with Gasteiger partial charge in [0.05, 0.1) is 34.5 Å². The number of para-hydroxylation sites is 2. The summed E-state index contributed by atoms with van der Waals surface area (Å²) >= 11 is 0. The Bertz CT molecular complexity index is 3980. The summed E-state index contributed by atoms with van der Waals surface area (Å²) in [6, 6.07) is 55.9. The lowest BCUT2D eigenvalue weighted by Crippen LogP contribution is -2.09. The van der Waals surface area contributed by atoms with E-state index >= 15 is 0 Å². The number of nitriles is 1. The zero-order valence-corrected chi connectivity index (χ0v) is 32.3. The van der Waals surface area contributed by atoms with Crippen LogP contribution in [0.1, 0.15) is 5.56 Å². The molecule has 0 saturated heterocycles. The zero-order valence-electron chi connectivity index (χ0n) is 32.3. The number of nitrogens with zero attached hydrogens (tertiary/aromatic N) is 6. The summed E-state index contributed by atoms with van der Waals surface area (Å²) in [5.74, 6) is 0. The monoisotopic (exact) mass is 776 g/mol. The SMILES string of the molecule is [C-]#[N+]c1c(-c2ccccc2)c(C#N)c(-n2c3ccccc3c3c4c(ccc32)oc2ccccc24)c(-c2ccccc2)c1-n1c2nccc3c4ccccc4c4ccnc1c4c32. The average Bonchev–Trinajstić information content (AvgIpc) is 3.99. The van der Waals surface area contributed by atoms with Crippen molar-refractivity contribution in [2.24, 2.45) is 0 Å². The fourth-order valence-corrected chi connectivity index (χ4v) is 10.1. The molecule has 7 nitrogen and oxygen atoms in total. The molecule has 0 aliphatic rings. The molecule has 5 heterocycles. The van der Waals surface area contributed by atoms with E-state index in [-0.39, 0.29) is 0 Å². The molecule has 280 valence electrons. The van der Waals surface area contributed by atoms with Gasteiger partial charge in [-0.3, -0.25) is 4.57 Å². The fraction of sp³-hybridized carbons (Fsp3) is 0. The first-order valence-electron chi connectivity index (χ1n) is 20.1. The van der Waals surface area contributed by atoms with E-state index in [4.69, 9.17) is 21.0 Å². The Kier molecular flexibility index (Phi) is 6.73. The topological polar surface area (TPSA) is 76.9 Å². The van der Waals surface area contributed by atoms with Crippen molar-refractivity contribution in [3.63, 3.8) is 0 Å². The van der Waals surface area contributed by atoms with E-state index in [1.165, 1.54) is 0 Å².